The third-order valence-electron chi connectivity index (χ3n) is 5.86. The number of anilines is 1. The molecule has 0 saturated heterocycles. The fraction of sp³-hybridized carbons (Fsp3) is 0.103. The zero-order valence-electron chi connectivity index (χ0n) is 19.1. The van der Waals surface area contributed by atoms with Gasteiger partial charge in [-0.05, 0) is 55.0 Å². The molecule has 0 aliphatic rings. The molecule has 1 heterocycles. The van der Waals surface area contributed by atoms with Gasteiger partial charge < -0.3 is 5.32 Å². The van der Waals surface area contributed by atoms with Crippen molar-refractivity contribution in [3.8, 4) is 0 Å². The third kappa shape index (κ3) is 4.97. The minimum absolute atomic E-state index is 0.0181. The second-order valence-electron chi connectivity index (χ2n) is 8.35. The van der Waals surface area contributed by atoms with Crippen LogP contribution in [0.1, 0.15) is 17.3 Å². The Bertz CT molecular complexity index is 1490. The fourth-order valence-corrected chi connectivity index (χ4v) is 5.33. The SMILES string of the molecule is CC(Sc1cccc(NC(=O)Cc2ccc(Cl)cc2)c1)C(=O)n1c2ccccc2c2ccccc21. The molecule has 0 radical (unpaired) electrons. The molecular formula is C29H23ClN2O2S. The van der Waals surface area contributed by atoms with Crippen LogP contribution in [0.15, 0.2) is 102 Å². The molecule has 1 amide bonds. The van der Waals surface area contributed by atoms with E-state index in [1.165, 1.54) is 11.8 Å². The molecular weight excluding hydrogens is 476 g/mol. The third-order valence-corrected chi connectivity index (χ3v) is 7.19. The van der Waals surface area contributed by atoms with Crippen LogP contribution in [-0.2, 0) is 11.2 Å². The zero-order valence-corrected chi connectivity index (χ0v) is 20.6. The van der Waals surface area contributed by atoms with Crippen molar-refractivity contribution in [3.05, 3.63) is 108 Å². The minimum Gasteiger partial charge on any atom is -0.326 e. The highest BCUT2D eigenvalue weighted by atomic mass is 35.5. The number of benzene rings is 4. The van der Waals surface area contributed by atoms with Gasteiger partial charge in [0.1, 0.15) is 0 Å². The van der Waals surface area contributed by atoms with Crippen molar-refractivity contribution < 1.29 is 9.59 Å². The molecule has 4 nitrogen and oxygen atoms in total. The summed E-state index contributed by atoms with van der Waals surface area (Å²) in [6, 6.07) is 30.8. The maximum atomic E-state index is 13.6. The molecule has 0 saturated carbocycles. The van der Waals surface area contributed by atoms with E-state index in [4.69, 9.17) is 11.6 Å². The van der Waals surface area contributed by atoms with Crippen LogP contribution in [0.2, 0.25) is 5.02 Å². The summed E-state index contributed by atoms with van der Waals surface area (Å²) >= 11 is 7.40. The number of nitrogens with one attached hydrogen (secondary N) is 1. The van der Waals surface area contributed by atoms with Crippen molar-refractivity contribution in [1.29, 1.82) is 0 Å². The van der Waals surface area contributed by atoms with E-state index >= 15 is 0 Å². The molecule has 0 spiro atoms. The summed E-state index contributed by atoms with van der Waals surface area (Å²) < 4.78 is 1.82. The van der Waals surface area contributed by atoms with Crippen LogP contribution in [0.25, 0.3) is 21.8 Å². The van der Waals surface area contributed by atoms with Gasteiger partial charge in [0.2, 0.25) is 11.8 Å². The Morgan fingerprint density at radius 1 is 0.857 bits per heavy atom. The van der Waals surface area contributed by atoms with Gasteiger partial charge in [-0.1, -0.05) is 66.2 Å². The first-order valence-electron chi connectivity index (χ1n) is 11.3. The predicted molar refractivity (Wildman–Crippen MR) is 146 cm³/mol. The molecule has 1 atom stereocenters. The Balaban J connectivity index is 1.33. The van der Waals surface area contributed by atoms with Gasteiger partial charge in [-0.15, -0.1) is 11.8 Å². The summed E-state index contributed by atoms with van der Waals surface area (Å²) in [4.78, 5) is 27.0. The van der Waals surface area contributed by atoms with Crippen molar-refractivity contribution in [3.63, 3.8) is 0 Å². The summed E-state index contributed by atoms with van der Waals surface area (Å²) in [6.45, 7) is 1.92. The largest absolute Gasteiger partial charge is 0.326 e. The van der Waals surface area contributed by atoms with Gasteiger partial charge in [-0.2, -0.15) is 0 Å². The van der Waals surface area contributed by atoms with E-state index in [9.17, 15) is 9.59 Å². The zero-order chi connectivity index (χ0) is 24.4. The van der Waals surface area contributed by atoms with Crippen LogP contribution >= 0.6 is 23.4 Å². The van der Waals surface area contributed by atoms with E-state index < -0.39 is 0 Å². The summed E-state index contributed by atoms with van der Waals surface area (Å²) in [6.07, 6.45) is 0.261. The highest BCUT2D eigenvalue weighted by Gasteiger charge is 2.21. The topological polar surface area (TPSA) is 51.1 Å². The molecule has 1 N–H and O–H groups in total. The van der Waals surface area contributed by atoms with Gasteiger partial charge in [0.25, 0.3) is 0 Å². The lowest BCUT2D eigenvalue weighted by Gasteiger charge is -2.14. The lowest BCUT2D eigenvalue weighted by molar-refractivity contribution is -0.115. The number of carbonyl (C=O) groups is 2. The minimum atomic E-state index is -0.325. The number of hydrogen-bond donors (Lipinski definition) is 1. The van der Waals surface area contributed by atoms with Gasteiger partial charge >= 0.3 is 0 Å². The Kier molecular flexibility index (Phi) is 6.62. The fourth-order valence-electron chi connectivity index (χ4n) is 4.24. The second-order valence-corrected chi connectivity index (χ2v) is 10.2. The van der Waals surface area contributed by atoms with Crippen molar-refractivity contribution in [2.75, 3.05) is 5.32 Å². The molecule has 0 bridgehead atoms. The summed E-state index contributed by atoms with van der Waals surface area (Å²) in [5.41, 5.74) is 3.41. The number of amides is 1. The molecule has 4 aromatic carbocycles. The molecule has 1 aromatic heterocycles. The standard InChI is InChI=1S/C29H23ClN2O2S/c1-19(29(34)32-26-11-4-2-9-24(26)25-10-3-5-12-27(25)32)35-23-8-6-7-22(18-23)31-28(33)17-20-13-15-21(30)16-14-20/h2-16,18-19H,17H2,1H3,(H,31,33). The maximum absolute atomic E-state index is 13.6. The number of nitrogens with zero attached hydrogens (tertiary/aromatic N) is 1. The van der Waals surface area contributed by atoms with Crippen molar-refractivity contribution in [1.82, 2.24) is 4.57 Å². The smallest absolute Gasteiger partial charge is 0.244 e. The number of aromatic nitrogens is 1. The molecule has 5 aromatic rings. The lowest BCUT2D eigenvalue weighted by atomic mass is 10.1. The van der Waals surface area contributed by atoms with E-state index in [-0.39, 0.29) is 23.5 Å². The molecule has 5 rings (SSSR count). The molecule has 0 aliphatic carbocycles. The molecule has 1 unspecified atom stereocenters. The number of fused-ring (bicyclic) bond motifs is 3. The first-order chi connectivity index (χ1) is 17.0. The van der Waals surface area contributed by atoms with Crippen LogP contribution < -0.4 is 5.32 Å². The molecule has 6 heteroatoms. The Labute approximate surface area is 212 Å². The molecule has 0 aliphatic heterocycles. The van der Waals surface area contributed by atoms with Crippen molar-refractivity contribution >= 4 is 62.7 Å². The number of thioether (sulfide) groups is 1. The Morgan fingerprint density at radius 2 is 1.49 bits per heavy atom. The maximum Gasteiger partial charge on any atom is 0.244 e. The quantitative estimate of drug-likeness (QED) is 0.247. The number of rotatable bonds is 6. The Hall–Kier alpha value is -3.54. The van der Waals surface area contributed by atoms with Crippen molar-refractivity contribution in [2.24, 2.45) is 0 Å². The monoisotopic (exact) mass is 498 g/mol. The lowest BCUT2D eigenvalue weighted by Crippen LogP contribution is -2.21. The van der Waals surface area contributed by atoms with Crippen LogP contribution in [0.4, 0.5) is 5.69 Å². The molecule has 35 heavy (non-hydrogen) atoms. The molecule has 0 fully saturated rings. The summed E-state index contributed by atoms with van der Waals surface area (Å²) in [5.74, 6) is -0.0894. The highest BCUT2D eigenvalue weighted by molar-refractivity contribution is 8.00. The number of carbonyl (C=O) groups excluding carboxylic acids is 2. The van der Waals surface area contributed by atoms with E-state index in [1.807, 2.05) is 84.3 Å². The van der Waals surface area contributed by atoms with Crippen molar-refractivity contribution in [2.45, 2.75) is 23.5 Å². The molecule has 174 valence electrons. The van der Waals surface area contributed by atoms with Gasteiger partial charge in [-0.25, -0.2) is 0 Å². The highest BCUT2D eigenvalue weighted by Crippen LogP contribution is 2.32. The van der Waals surface area contributed by atoms with Gasteiger partial charge in [-0.3, -0.25) is 14.2 Å². The van der Waals surface area contributed by atoms with Crippen LogP contribution in [0.5, 0.6) is 0 Å². The van der Waals surface area contributed by atoms with Crippen LogP contribution in [0, 0.1) is 0 Å². The first-order valence-corrected chi connectivity index (χ1v) is 12.6. The Morgan fingerprint density at radius 3 is 2.14 bits per heavy atom. The first kappa shape index (κ1) is 23.2. The van der Waals surface area contributed by atoms with Gasteiger partial charge in [0, 0.05) is 26.4 Å². The summed E-state index contributed by atoms with van der Waals surface area (Å²) in [7, 11) is 0. The van der Waals surface area contributed by atoms with Gasteiger partial charge in [0.15, 0.2) is 0 Å². The average molecular weight is 499 g/mol. The second kappa shape index (κ2) is 9.98. The number of halogens is 1. The normalized spacial score (nSPS) is 12.1. The van der Waals surface area contributed by atoms with Crippen LogP contribution in [0.3, 0.4) is 0 Å². The average Bonchev–Trinajstić information content (AvgIpc) is 3.19. The van der Waals surface area contributed by atoms with Gasteiger partial charge in [0.05, 0.1) is 22.7 Å². The number of para-hydroxylation sites is 2. The van der Waals surface area contributed by atoms with E-state index in [0.29, 0.717) is 10.7 Å². The van der Waals surface area contributed by atoms with E-state index in [1.54, 1.807) is 12.1 Å². The van der Waals surface area contributed by atoms with E-state index in [2.05, 4.69) is 17.4 Å². The summed E-state index contributed by atoms with van der Waals surface area (Å²) in [5, 5.41) is 5.40. The van der Waals surface area contributed by atoms with E-state index in [0.717, 1.165) is 32.3 Å². The predicted octanol–water partition coefficient (Wildman–Crippen LogP) is 7.45. The number of hydrogen-bond acceptors (Lipinski definition) is 3. The van der Waals surface area contributed by atoms with Crippen LogP contribution in [-0.4, -0.2) is 21.6 Å².